The van der Waals surface area contributed by atoms with Crippen LogP contribution in [0.25, 0.3) is 0 Å². The Bertz CT molecular complexity index is 417. The maximum absolute atomic E-state index is 11.2. The fourth-order valence-corrected chi connectivity index (χ4v) is 2.29. The molecule has 8 nitrogen and oxygen atoms in total. The lowest BCUT2D eigenvalue weighted by Gasteiger charge is -2.19. The molecule has 20 heavy (non-hydrogen) atoms. The van der Waals surface area contributed by atoms with Gasteiger partial charge in [0.05, 0.1) is 11.8 Å². The Morgan fingerprint density at radius 2 is 1.30 bits per heavy atom. The first-order valence-electron chi connectivity index (χ1n) is 6.05. The average molecular weight is 285 g/mol. The maximum Gasteiger partial charge on any atom is 0.328 e. The summed E-state index contributed by atoms with van der Waals surface area (Å²) in [7, 11) is 0. The van der Waals surface area contributed by atoms with Crippen LogP contribution in [-0.2, 0) is 19.2 Å². The predicted molar refractivity (Wildman–Crippen MR) is 63.5 cm³/mol. The van der Waals surface area contributed by atoms with Gasteiger partial charge in [-0.25, -0.2) is 9.59 Å². The summed E-state index contributed by atoms with van der Waals surface area (Å²) in [5.41, 5.74) is 0. The van der Waals surface area contributed by atoms with E-state index in [9.17, 15) is 19.2 Å². The molecule has 8 heteroatoms. The van der Waals surface area contributed by atoms with E-state index >= 15 is 0 Å². The first-order valence-corrected chi connectivity index (χ1v) is 6.05. The lowest BCUT2D eigenvalue weighted by atomic mass is 9.81. The third-order valence-electron chi connectivity index (χ3n) is 3.19. The van der Waals surface area contributed by atoms with E-state index in [4.69, 9.17) is 15.4 Å². The molecule has 0 radical (unpaired) electrons. The molecule has 1 aliphatic carbocycles. The number of carbonyl (C=O) groups excluding carboxylic acids is 2. The number of nitrogens with zero attached hydrogens (tertiary/aromatic N) is 1. The second-order valence-electron chi connectivity index (χ2n) is 4.50. The standard InChI is InChI=1S/C8H11NO3.C4H4O4/c10-7-5-3-1-2-4-6(5)8(11)9(7)12;5-3(6)1-2-4(7)8/h5-6,12H,1-4H2;1-2H,(H,5,6)(H,7,8)/b;2-1-. The molecule has 0 bridgehead atoms. The highest BCUT2D eigenvalue weighted by Crippen LogP contribution is 2.36. The summed E-state index contributed by atoms with van der Waals surface area (Å²) in [4.78, 5) is 41.5. The summed E-state index contributed by atoms with van der Waals surface area (Å²) in [5.74, 6) is -3.76. The van der Waals surface area contributed by atoms with Crippen molar-refractivity contribution in [3.8, 4) is 0 Å². The Morgan fingerprint density at radius 3 is 1.60 bits per heavy atom. The topological polar surface area (TPSA) is 132 Å². The Hall–Kier alpha value is -2.22. The van der Waals surface area contributed by atoms with Crippen molar-refractivity contribution in [3.05, 3.63) is 12.2 Å². The van der Waals surface area contributed by atoms with Gasteiger partial charge in [0, 0.05) is 12.2 Å². The van der Waals surface area contributed by atoms with Gasteiger partial charge in [-0.3, -0.25) is 14.8 Å². The minimum Gasteiger partial charge on any atom is -0.478 e. The first kappa shape index (κ1) is 15.8. The number of hydrogen-bond donors (Lipinski definition) is 3. The van der Waals surface area contributed by atoms with Crippen molar-refractivity contribution in [2.75, 3.05) is 0 Å². The molecule has 2 fully saturated rings. The minimum atomic E-state index is -1.26. The van der Waals surface area contributed by atoms with Gasteiger partial charge in [-0.05, 0) is 12.8 Å². The number of carboxylic acids is 2. The van der Waals surface area contributed by atoms with Crippen LogP contribution in [-0.4, -0.2) is 44.2 Å². The van der Waals surface area contributed by atoms with Crippen LogP contribution in [0.1, 0.15) is 25.7 Å². The van der Waals surface area contributed by atoms with Crippen molar-refractivity contribution in [2.24, 2.45) is 11.8 Å². The fraction of sp³-hybridized carbons (Fsp3) is 0.500. The first-order chi connectivity index (χ1) is 9.34. The predicted octanol–water partition coefficient (Wildman–Crippen LogP) is 0.263. The molecule has 2 rings (SSSR count). The zero-order valence-electron chi connectivity index (χ0n) is 10.6. The number of rotatable bonds is 2. The van der Waals surface area contributed by atoms with E-state index < -0.39 is 23.8 Å². The molecule has 2 atom stereocenters. The van der Waals surface area contributed by atoms with Crippen molar-refractivity contribution >= 4 is 23.8 Å². The molecule has 1 saturated heterocycles. The van der Waals surface area contributed by atoms with Gasteiger partial charge in [0.1, 0.15) is 0 Å². The largest absolute Gasteiger partial charge is 0.478 e. The average Bonchev–Trinajstić information content (AvgIpc) is 2.63. The highest BCUT2D eigenvalue weighted by atomic mass is 16.5. The quantitative estimate of drug-likeness (QED) is 0.376. The molecular formula is C12H15NO7. The third kappa shape index (κ3) is 3.89. The van der Waals surface area contributed by atoms with E-state index in [2.05, 4.69) is 0 Å². The molecule has 1 saturated carbocycles. The lowest BCUT2D eigenvalue weighted by molar-refractivity contribution is -0.173. The van der Waals surface area contributed by atoms with Crippen molar-refractivity contribution in [1.29, 1.82) is 0 Å². The van der Waals surface area contributed by atoms with Crippen molar-refractivity contribution < 1.29 is 34.6 Å². The number of hydroxylamine groups is 2. The third-order valence-corrected chi connectivity index (χ3v) is 3.19. The zero-order chi connectivity index (χ0) is 15.3. The van der Waals surface area contributed by atoms with Crippen LogP contribution in [0.15, 0.2) is 12.2 Å². The summed E-state index contributed by atoms with van der Waals surface area (Å²) < 4.78 is 0. The molecule has 2 aliphatic rings. The summed E-state index contributed by atoms with van der Waals surface area (Å²) in [6.45, 7) is 0. The van der Waals surface area contributed by atoms with Crippen LogP contribution in [0.2, 0.25) is 0 Å². The Balaban J connectivity index is 0.000000221. The van der Waals surface area contributed by atoms with Gasteiger partial charge >= 0.3 is 11.9 Å². The van der Waals surface area contributed by atoms with E-state index in [1.807, 2.05) is 0 Å². The fourth-order valence-electron chi connectivity index (χ4n) is 2.29. The molecule has 2 amide bonds. The molecule has 2 unspecified atom stereocenters. The highest BCUT2D eigenvalue weighted by Gasteiger charge is 2.47. The number of hydrogen-bond acceptors (Lipinski definition) is 5. The van der Waals surface area contributed by atoms with Crippen LogP contribution in [0.4, 0.5) is 0 Å². The summed E-state index contributed by atoms with van der Waals surface area (Å²) in [5, 5.41) is 25.0. The molecule has 110 valence electrons. The monoisotopic (exact) mass is 285 g/mol. The second-order valence-corrected chi connectivity index (χ2v) is 4.50. The molecule has 1 aliphatic heterocycles. The number of carbonyl (C=O) groups is 4. The van der Waals surface area contributed by atoms with E-state index in [1.54, 1.807) is 0 Å². The number of imide groups is 1. The molecule has 0 aromatic carbocycles. The van der Waals surface area contributed by atoms with Gasteiger partial charge in [0.15, 0.2) is 0 Å². The van der Waals surface area contributed by atoms with E-state index in [1.165, 1.54) is 0 Å². The van der Waals surface area contributed by atoms with Crippen LogP contribution in [0.3, 0.4) is 0 Å². The van der Waals surface area contributed by atoms with Crippen LogP contribution in [0, 0.1) is 11.8 Å². The SMILES string of the molecule is O=C(O)/C=C\C(=O)O.O=C1C2CCCCC2C(=O)N1O. The summed E-state index contributed by atoms with van der Waals surface area (Å²) >= 11 is 0. The molecule has 1 heterocycles. The van der Waals surface area contributed by atoms with Crippen molar-refractivity contribution in [3.63, 3.8) is 0 Å². The molecule has 0 aromatic heterocycles. The van der Waals surface area contributed by atoms with E-state index in [-0.39, 0.29) is 11.8 Å². The van der Waals surface area contributed by atoms with Gasteiger partial charge < -0.3 is 10.2 Å². The highest BCUT2D eigenvalue weighted by molar-refractivity contribution is 6.03. The summed E-state index contributed by atoms with van der Waals surface area (Å²) in [6.07, 6.45) is 4.62. The molecule has 3 N–H and O–H groups in total. The normalized spacial score (nSPS) is 25.1. The van der Waals surface area contributed by atoms with Gasteiger partial charge in [0.2, 0.25) is 0 Å². The molecule has 0 aromatic rings. The Kier molecular flexibility index (Phi) is 5.39. The van der Waals surface area contributed by atoms with Gasteiger partial charge in [0.25, 0.3) is 11.8 Å². The molecule has 0 spiro atoms. The van der Waals surface area contributed by atoms with Crippen LogP contribution < -0.4 is 0 Å². The Morgan fingerprint density at radius 1 is 0.950 bits per heavy atom. The van der Waals surface area contributed by atoms with Gasteiger partial charge in [-0.15, -0.1) is 0 Å². The number of aliphatic carboxylic acids is 2. The maximum atomic E-state index is 11.2. The lowest BCUT2D eigenvalue weighted by Crippen LogP contribution is -2.26. The minimum absolute atomic E-state index is 0.226. The Labute approximate surface area is 114 Å². The number of amides is 2. The van der Waals surface area contributed by atoms with Crippen LogP contribution >= 0.6 is 0 Å². The van der Waals surface area contributed by atoms with Gasteiger partial charge in [-0.1, -0.05) is 12.8 Å². The summed E-state index contributed by atoms with van der Waals surface area (Å²) in [6, 6.07) is 0. The zero-order valence-corrected chi connectivity index (χ0v) is 10.6. The molecular weight excluding hydrogens is 270 g/mol. The van der Waals surface area contributed by atoms with Crippen molar-refractivity contribution in [2.45, 2.75) is 25.7 Å². The van der Waals surface area contributed by atoms with E-state index in [0.717, 1.165) is 25.7 Å². The number of carboxylic acid groups (broad SMARTS) is 2. The van der Waals surface area contributed by atoms with E-state index in [0.29, 0.717) is 17.2 Å². The van der Waals surface area contributed by atoms with Gasteiger partial charge in [-0.2, -0.15) is 5.06 Å². The van der Waals surface area contributed by atoms with Crippen molar-refractivity contribution in [1.82, 2.24) is 5.06 Å². The second kappa shape index (κ2) is 6.80. The number of fused-ring (bicyclic) bond motifs is 1. The van der Waals surface area contributed by atoms with Crippen LogP contribution in [0.5, 0.6) is 0 Å². The smallest absolute Gasteiger partial charge is 0.328 e.